The van der Waals surface area contributed by atoms with E-state index in [1.807, 2.05) is 26.0 Å². The molecule has 1 aliphatic heterocycles. The molecule has 1 aliphatic rings. The van der Waals surface area contributed by atoms with Gasteiger partial charge in [-0.15, -0.1) is 0 Å². The van der Waals surface area contributed by atoms with E-state index in [-0.39, 0.29) is 7.24 Å². The molecule has 2 heterocycles. The van der Waals surface area contributed by atoms with Crippen molar-refractivity contribution in [1.82, 2.24) is 9.97 Å². The molecule has 6 nitrogen and oxygen atoms in total. The van der Waals surface area contributed by atoms with Crippen molar-refractivity contribution in [2.45, 2.75) is 66.3 Å². The van der Waals surface area contributed by atoms with Gasteiger partial charge in [-0.1, -0.05) is 65.3 Å². The molecule has 0 amide bonds. The average molecular weight is 571 g/mol. The summed E-state index contributed by atoms with van der Waals surface area (Å²) in [6, 6.07) is 17.2. The van der Waals surface area contributed by atoms with E-state index < -0.39 is 0 Å². The topological polar surface area (TPSA) is 68.6 Å². The van der Waals surface area contributed by atoms with Crippen LogP contribution in [0.25, 0.3) is 11.3 Å². The number of nitrogens with zero attached hydrogens (tertiary/aromatic N) is 3. The lowest BCUT2D eigenvalue weighted by molar-refractivity contribution is 0.408. The van der Waals surface area contributed by atoms with Gasteiger partial charge in [0.2, 0.25) is 5.95 Å². The SMILES string of the molecule is CC.CCCCc1ccc2c(c1)C(c1c(F)cccc1OC)=NCc1cnc(Nc3ccc(C(C)C)c(OC)c3)nc1-2.[HH]. The molecule has 3 aromatic carbocycles. The minimum Gasteiger partial charge on any atom is -0.496 e. The van der Waals surface area contributed by atoms with E-state index >= 15 is 4.39 Å². The first kappa shape index (κ1) is 30.7. The zero-order valence-corrected chi connectivity index (χ0v) is 25.7. The van der Waals surface area contributed by atoms with Crippen LogP contribution < -0.4 is 14.8 Å². The highest BCUT2D eigenvalue weighted by Gasteiger charge is 2.25. The van der Waals surface area contributed by atoms with Gasteiger partial charge in [-0.05, 0) is 54.2 Å². The molecule has 0 bridgehead atoms. The van der Waals surface area contributed by atoms with Gasteiger partial charge in [0.15, 0.2) is 0 Å². The van der Waals surface area contributed by atoms with Crippen LogP contribution in [0, 0.1) is 5.82 Å². The van der Waals surface area contributed by atoms with Gasteiger partial charge in [0.1, 0.15) is 17.3 Å². The van der Waals surface area contributed by atoms with Crippen LogP contribution in [0.4, 0.5) is 16.0 Å². The van der Waals surface area contributed by atoms with Gasteiger partial charge in [0, 0.05) is 36.1 Å². The summed E-state index contributed by atoms with van der Waals surface area (Å²) >= 11 is 0. The monoisotopic (exact) mass is 570 g/mol. The van der Waals surface area contributed by atoms with E-state index in [1.54, 1.807) is 32.5 Å². The smallest absolute Gasteiger partial charge is 0.227 e. The Hall–Kier alpha value is -4.26. The second kappa shape index (κ2) is 14.1. The number of nitrogens with one attached hydrogen (secondary N) is 1. The quantitative estimate of drug-likeness (QED) is 0.217. The largest absolute Gasteiger partial charge is 0.496 e. The molecule has 222 valence electrons. The van der Waals surface area contributed by atoms with Crippen LogP contribution in [0.5, 0.6) is 11.5 Å². The zero-order valence-electron chi connectivity index (χ0n) is 25.7. The number of ether oxygens (including phenoxy) is 2. The van der Waals surface area contributed by atoms with Crippen LogP contribution >= 0.6 is 0 Å². The summed E-state index contributed by atoms with van der Waals surface area (Å²) in [5.41, 5.74) is 7.42. The number of rotatable bonds is 9. The first-order valence-corrected chi connectivity index (χ1v) is 14.7. The molecular weight excluding hydrogens is 527 g/mol. The maximum atomic E-state index is 15.3. The van der Waals surface area contributed by atoms with Gasteiger partial charge >= 0.3 is 0 Å². The Bertz CT molecular complexity index is 1570. The van der Waals surface area contributed by atoms with Crippen LogP contribution in [0.1, 0.15) is 82.6 Å². The van der Waals surface area contributed by atoms with Crippen molar-refractivity contribution >= 4 is 17.3 Å². The fourth-order valence-electron chi connectivity index (χ4n) is 5.11. The van der Waals surface area contributed by atoms with Gasteiger partial charge in [-0.3, -0.25) is 4.99 Å². The first-order valence-electron chi connectivity index (χ1n) is 14.7. The van der Waals surface area contributed by atoms with E-state index in [4.69, 9.17) is 19.5 Å². The minimum atomic E-state index is -0.374. The van der Waals surface area contributed by atoms with Crippen molar-refractivity contribution in [3.8, 4) is 22.8 Å². The fourth-order valence-corrected chi connectivity index (χ4v) is 5.11. The van der Waals surface area contributed by atoms with E-state index in [0.29, 0.717) is 35.4 Å². The number of fused-ring (bicyclic) bond motifs is 3. The highest BCUT2D eigenvalue weighted by molar-refractivity contribution is 6.18. The molecule has 5 rings (SSSR count). The summed E-state index contributed by atoms with van der Waals surface area (Å²) in [4.78, 5) is 14.4. The molecule has 0 radical (unpaired) electrons. The number of aliphatic imine (C=N–C) groups is 1. The minimum absolute atomic E-state index is 0. The van der Waals surface area contributed by atoms with E-state index in [1.165, 1.54) is 11.6 Å². The van der Waals surface area contributed by atoms with Crippen LogP contribution in [0.15, 0.2) is 65.8 Å². The van der Waals surface area contributed by atoms with Crippen molar-refractivity contribution < 1.29 is 15.3 Å². The predicted molar refractivity (Wildman–Crippen MR) is 172 cm³/mol. The molecular formula is C35H43FN4O2. The number of hydrogen-bond donors (Lipinski definition) is 1. The number of benzene rings is 3. The summed E-state index contributed by atoms with van der Waals surface area (Å²) in [5.74, 6) is 1.69. The lowest BCUT2D eigenvalue weighted by Crippen LogP contribution is -2.10. The molecule has 0 aliphatic carbocycles. The number of aromatic nitrogens is 2. The Kier molecular flexibility index (Phi) is 10.3. The third-order valence-electron chi connectivity index (χ3n) is 7.23. The summed E-state index contributed by atoms with van der Waals surface area (Å²) in [5, 5.41) is 3.34. The molecule has 7 heteroatoms. The van der Waals surface area contributed by atoms with Gasteiger partial charge < -0.3 is 14.8 Å². The molecule has 0 saturated carbocycles. The first-order chi connectivity index (χ1) is 20.4. The normalized spacial score (nSPS) is 11.9. The third kappa shape index (κ3) is 6.46. The Morgan fingerprint density at radius 3 is 2.48 bits per heavy atom. The van der Waals surface area contributed by atoms with E-state index in [0.717, 1.165) is 58.6 Å². The number of halogens is 1. The maximum absolute atomic E-state index is 15.3. The van der Waals surface area contributed by atoms with Gasteiger partial charge in [-0.25, -0.2) is 14.4 Å². The van der Waals surface area contributed by atoms with Gasteiger partial charge in [0.25, 0.3) is 0 Å². The molecule has 0 unspecified atom stereocenters. The summed E-state index contributed by atoms with van der Waals surface area (Å²) in [7, 11) is 3.23. The molecule has 0 fully saturated rings. The molecule has 0 saturated heterocycles. The molecule has 0 spiro atoms. The summed E-state index contributed by atoms with van der Waals surface area (Å²) in [6.07, 6.45) is 4.89. The molecule has 42 heavy (non-hydrogen) atoms. The number of aryl methyl sites for hydroxylation is 1. The van der Waals surface area contributed by atoms with E-state index in [9.17, 15) is 0 Å². The van der Waals surface area contributed by atoms with Crippen LogP contribution in [0.3, 0.4) is 0 Å². The lowest BCUT2D eigenvalue weighted by Gasteiger charge is -2.16. The maximum Gasteiger partial charge on any atom is 0.227 e. The molecule has 1 N–H and O–H groups in total. The third-order valence-corrected chi connectivity index (χ3v) is 7.23. The Morgan fingerprint density at radius 2 is 1.76 bits per heavy atom. The second-order valence-electron chi connectivity index (χ2n) is 10.3. The van der Waals surface area contributed by atoms with Crippen molar-refractivity contribution in [2.75, 3.05) is 19.5 Å². The standard InChI is InChI=1S/C33H35FN4O2.C2H6.H2/c1-6-7-9-21-12-14-25-26(16-21)32(30-27(34)10-8-11-28(30)39-4)35-18-22-19-36-33(38-31(22)25)37-23-13-15-24(20(2)3)29(17-23)40-5;1-2;/h8,10-17,19-20H,6-7,9,18H2,1-5H3,(H,36,37,38);1-2H3;1H. The van der Waals surface area contributed by atoms with Crippen LogP contribution in [-0.4, -0.2) is 29.9 Å². The molecule has 4 aromatic rings. The van der Waals surface area contributed by atoms with Crippen molar-refractivity contribution in [2.24, 2.45) is 4.99 Å². The fraction of sp³-hybridized carbons (Fsp3) is 0.343. The van der Waals surface area contributed by atoms with Crippen molar-refractivity contribution in [3.05, 3.63) is 94.4 Å². The van der Waals surface area contributed by atoms with Crippen molar-refractivity contribution in [1.29, 1.82) is 0 Å². The predicted octanol–water partition coefficient (Wildman–Crippen LogP) is 9.13. The number of unbranched alkanes of at least 4 members (excludes halogenated alkanes) is 1. The van der Waals surface area contributed by atoms with Crippen LogP contribution in [0.2, 0.25) is 0 Å². The number of hydrogen-bond acceptors (Lipinski definition) is 6. The Balaban J connectivity index is 0.00000165. The summed E-state index contributed by atoms with van der Waals surface area (Å²) < 4.78 is 26.5. The molecule has 0 atom stereocenters. The van der Waals surface area contributed by atoms with E-state index in [2.05, 4.69) is 55.3 Å². The highest BCUT2D eigenvalue weighted by atomic mass is 19.1. The highest BCUT2D eigenvalue weighted by Crippen LogP contribution is 2.36. The van der Waals surface area contributed by atoms with Crippen molar-refractivity contribution in [3.63, 3.8) is 0 Å². The zero-order chi connectivity index (χ0) is 30.2. The lowest BCUT2D eigenvalue weighted by atomic mass is 9.92. The summed E-state index contributed by atoms with van der Waals surface area (Å²) in [6.45, 7) is 10.8. The molecule has 1 aromatic heterocycles. The Morgan fingerprint density at radius 1 is 0.976 bits per heavy atom. The average Bonchev–Trinajstić information content (AvgIpc) is 3.17. The second-order valence-corrected chi connectivity index (χ2v) is 10.3. The van der Waals surface area contributed by atoms with Gasteiger partial charge in [0.05, 0.1) is 37.7 Å². The number of anilines is 2. The Labute approximate surface area is 250 Å². The number of methoxy groups -OCH3 is 2. The van der Waals surface area contributed by atoms with Gasteiger partial charge in [-0.2, -0.15) is 0 Å². The van der Waals surface area contributed by atoms with Crippen LogP contribution in [-0.2, 0) is 13.0 Å².